The standard InChI is InChI=1S/C22H26FN5O3S2/c1-3-13-33(29,30)28-15-6-4-5-14(17(15)23)18-19(16-7-10-25-21(24)26-16)32-20(27-18)22(2)8-11-31-12-9-22/h4-7,10,28H,3,8-9,11-13H2,1-2H3,(H2,24,25,26). The molecule has 8 nitrogen and oxygen atoms in total. The Morgan fingerprint density at radius 1 is 1.24 bits per heavy atom. The molecule has 0 bridgehead atoms. The minimum Gasteiger partial charge on any atom is -0.381 e. The van der Waals surface area contributed by atoms with Gasteiger partial charge in [-0.3, -0.25) is 4.72 Å². The molecule has 33 heavy (non-hydrogen) atoms. The Morgan fingerprint density at radius 3 is 2.70 bits per heavy atom. The highest BCUT2D eigenvalue weighted by Gasteiger charge is 2.34. The van der Waals surface area contributed by atoms with Gasteiger partial charge in [0.2, 0.25) is 16.0 Å². The topological polar surface area (TPSA) is 120 Å². The van der Waals surface area contributed by atoms with Crippen molar-refractivity contribution in [3.63, 3.8) is 0 Å². The lowest BCUT2D eigenvalue weighted by Crippen LogP contribution is -2.30. The van der Waals surface area contributed by atoms with Gasteiger partial charge >= 0.3 is 0 Å². The number of halogens is 1. The van der Waals surface area contributed by atoms with Crippen LogP contribution >= 0.6 is 11.3 Å². The van der Waals surface area contributed by atoms with E-state index in [2.05, 4.69) is 21.6 Å². The zero-order valence-corrected chi connectivity index (χ0v) is 20.1. The number of aromatic nitrogens is 3. The highest BCUT2D eigenvalue weighted by atomic mass is 32.2. The van der Waals surface area contributed by atoms with Crippen molar-refractivity contribution in [3.05, 3.63) is 41.3 Å². The van der Waals surface area contributed by atoms with E-state index in [0.29, 0.717) is 35.9 Å². The first-order valence-electron chi connectivity index (χ1n) is 10.7. The highest BCUT2D eigenvalue weighted by Crippen LogP contribution is 2.44. The lowest BCUT2D eigenvalue weighted by molar-refractivity contribution is 0.0564. The van der Waals surface area contributed by atoms with E-state index in [-0.39, 0.29) is 28.4 Å². The maximum absolute atomic E-state index is 15.6. The number of ether oxygens (including phenoxy) is 1. The molecule has 0 aliphatic carbocycles. The molecular formula is C22H26FN5O3S2. The van der Waals surface area contributed by atoms with Crippen molar-refractivity contribution in [3.8, 4) is 21.8 Å². The van der Waals surface area contributed by atoms with Crippen LogP contribution < -0.4 is 10.5 Å². The van der Waals surface area contributed by atoms with Crippen molar-refractivity contribution < 1.29 is 17.5 Å². The van der Waals surface area contributed by atoms with Gasteiger partial charge in [-0.2, -0.15) is 0 Å². The smallest absolute Gasteiger partial charge is 0.232 e. The molecule has 0 saturated carbocycles. The molecule has 0 spiro atoms. The van der Waals surface area contributed by atoms with Gasteiger partial charge < -0.3 is 10.5 Å². The fourth-order valence-corrected chi connectivity index (χ4v) is 6.14. The summed E-state index contributed by atoms with van der Waals surface area (Å²) in [4.78, 5) is 13.8. The second-order valence-electron chi connectivity index (χ2n) is 8.26. The minimum atomic E-state index is -3.65. The van der Waals surface area contributed by atoms with Gasteiger partial charge in [0, 0.05) is 30.4 Å². The number of nitrogens with two attached hydrogens (primary N) is 1. The number of thiazole rings is 1. The summed E-state index contributed by atoms with van der Waals surface area (Å²) in [5.41, 5.74) is 6.60. The summed E-state index contributed by atoms with van der Waals surface area (Å²) in [6.45, 7) is 5.13. The first kappa shape index (κ1) is 23.5. The zero-order chi connectivity index (χ0) is 23.6. The molecule has 3 heterocycles. The molecule has 4 rings (SSSR count). The Bertz CT molecular complexity index is 1260. The molecule has 3 aromatic rings. The van der Waals surface area contributed by atoms with E-state index >= 15 is 4.39 Å². The SMILES string of the molecule is CCCS(=O)(=O)Nc1cccc(-c2nc(C3(C)CCOCC3)sc2-c2ccnc(N)n2)c1F. The van der Waals surface area contributed by atoms with Gasteiger partial charge in [-0.15, -0.1) is 11.3 Å². The Kier molecular flexibility index (Phi) is 6.64. The van der Waals surface area contributed by atoms with Crippen LogP contribution in [0, 0.1) is 5.82 Å². The predicted octanol–water partition coefficient (Wildman–Crippen LogP) is 4.21. The fraction of sp³-hybridized carbons (Fsp3) is 0.409. The van der Waals surface area contributed by atoms with E-state index in [4.69, 9.17) is 15.5 Å². The number of sulfonamides is 1. The summed E-state index contributed by atoms with van der Waals surface area (Å²) in [5, 5.41) is 0.851. The Balaban J connectivity index is 1.85. The third-order valence-electron chi connectivity index (χ3n) is 5.64. The van der Waals surface area contributed by atoms with E-state index in [9.17, 15) is 8.42 Å². The summed E-state index contributed by atoms with van der Waals surface area (Å²) in [6, 6.07) is 6.30. The van der Waals surface area contributed by atoms with Gasteiger partial charge in [-0.25, -0.2) is 27.8 Å². The molecule has 1 aliphatic heterocycles. The van der Waals surface area contributed by atoms with Gasteiger partial charge in [0.05, 0.1) is 32.7 Å². The first-order valence-corrected chi connectivity index (χ1v) is 13.2. The third-order valence-corrected chi connectivity index (χ3v) is 8.50. The average molecular weight is 492 g/mol. The molecule has 1 aliphatic rings. The molecule has 1 saturated heterocycles. The summed E-state index contributed by atoms with van der Waals surface area (Å²) >= 11 is 1.44. The molecule has 2 aromatic heterocycles. The molecule has 0 atom stereocenters. The molecule has 1 aromatic carbocycles. The van der Waals surface area contributed by atoms with Crippen LogP contribution in [0.5, 0.6) is 0 Å². The average Bonchev–Trinajstić information content (AvgIpc) is 3.22. The van der Waals surface area contributed by atoms with Crippen LogP contribution in [0.2, 0.25) is 0 Å². The fourth-order valence-electron chi connectivity index (χ4n) is 3.75. The third kappa shape index (κ3) is 4.99. The Hall–Kier alpha value is -2.63. The largest absolute Gasteiger partial charge is 0.381 e. The quantitative estimate of drug-likeness (QED) is 0.508. The van der Waals surface area contributed by atoms with Gasteiger partial charge in [0.1, 0.15) is 0 Å². The van der Waals surface area contributed by atoms with E-state index in [1.807, 2.05) is 0 Å². The van der Waals surface area contributed by atoms with Crippen LogP contribution in [0.1, 0.15) is 38.1 Å². The van der Waals surface area contributed by atoms with Crippen molar-refractivity contribution in [1.29, 1.82) is 0 Å². The number of anilines is 2. The monoisotopic (exact) mass is 491 g/mol. The number of hydrogen-bond donors (Lipinski definition) is 2. The van der Waals surface area contributed by atoms with Gasteiger partial charge in [-0.1, -0.05) is 19.9 Å². The molecule has 1 fully saturated rings. The second kappa shape index (κ2) is 9.32. The minimum absolute atomic E-state index is 0.0938. The molecule has 0 amide bonds. The maximum atomic E-state index is 15.6. The summed E-state index contributed by atoms with van der Waals surface area (Å²) in [6.07, 6.45) is 3.56. The van der Waals surface area contributed by atoms with Crippen molar-refractivity contribution in [2.45, 2.75) is 38.5 Å². The lowest BCUT2D eigenvalue weighted by Gasteiger charge is -2.31. The first-order chi connectivity index (χ1) is 15.7. The second-order valence-corrected chi connectivity index (χ2v) is 11.1. The van der Waals surface area contributed by atoms with Crippen LogP contribution in [-0.4, -0.2) is 42.3 Å². The Labute approximate surface area is 196 Å². The summed E-state index contributed by atoms with van der Waals surface area (Å²) in [5.74, 6) is -0.676. The van der Waals surface area contributed by atoms with Gasteiger partial charge in [0.25, 0.3) is 0 Å². The van der Waals surface area contributed by atoms with Crippen molar-refractivity contribution in [2.24, 2.45) is 0 Å². The van der Waals surface area contributed by atoms with E-state index < -0.39 is 15.8 Å². The number of hydrogen-bond acceptors (Lipinski definition) is 8. The van der Waals surface area contributed by atoms with E-state index in [0.717, 1.165) is 17.8 Å². The Morgan fingerprint density at radius 2 is 2.00 bits per heavy atom. The molecule has 0 unspecified atom stereocenters. The van der Waals surface area contributed by atoms with Gasteiger partial charge in [-0.05, 0) is 37.5 Å². The number of nitrogen functional groups attached to an aromatic ring is 1. The van der Waals surface area contributed by atoms with Crippen LogP contribution in [0.15, 0.2) is 30.5 Å². The van der Waals surface area contributed by atoms with E-state index in [1.54, 1.807) is 31.3 Å². The van der Waals surface area contributed by atoms with Crippen LogP contribution in [0.3, 0.4) is 0 Å². The molecular weight excluding hydrogens is 465 g/mol. The summed E-state index contributed by atoms with van der Waals surface area (Å²) < 4.78 is 48.0. The molecule has 0 radical (unpaired) electrons. The van der Waals surface area contributed by atoms with Crippen LogP contribution in [-0.2, 0) is 20.2 Å². The normalized spacial score (nSPS) is 16.0. The molecule has 3 N–H and O–H groups in total. The number of nitrogens with zero attached hydrogens (tertiary/aromatic N) is 3. The van der Waals surface area contributed by atoms with Crippen molar-refractivity contribution in [1.82, 2.24) is 15.0 Å². The van der Waals surface area contributed by atoms with Crippen LogP contribution in [0.25, 0.3) is 21.8 Å². The summed E-state index contributed by atoms with van der Waals surface area (Å²) in [7, 11) is -3.65. The predicted molar refractivity (Wildman–Crippen MR) is 128 cm³/mol. The van der Waals surface area contributed by atoms with Crippen molar-refractivity contribution >= 4 is 33.0 Å². The van der Waals surface area contributed by atoms with Crippen molar-refractivity contribution in [2.75, 3.05) is 29.4 Å². The van der Waals surface area contributed by atoms with Crippen LogP contribution in [0.4, 0.5) is 16.0 Å². The molecule has 176 valence electrons. The number of nitrogens with one attached hydrogen (secondary N) is 1. The number of rotatable bonds is 7. The zero-order valence-electron chi connectivity index (χ0n) is 18.5. The maximum Gasteiger partial charge on any atom is 0.232 e. The van der Waals surface area contributed by atoms with Gasteiger partial charge in [0.15, 0.2) is 5.82 Å². The highest BCUT2D eigenvalue weighted by molar-refractivity contribution is 7.92. The number of benzene rings is 1. The molecule has 11 heteroatoms. The lowest BCUT2D eigenvalue weighted by atomic mass is 9.83. The van der Waals surface area contributed by atoms with E-state index in [1.165, 1.54) is 17.4 Å².